The molecule has 0 unspecified atom stereocenters. The zero-order valence-electron chi connectivity index (χ0n) is 15.2. The first kappa shape index (κ1) is 18.5. The molecule has 0 saturated carbocycles. The van der Waals surface area contributed by atoms with Crippen molar-refractivity contribution in [1.82, 2.24) is 0 Å². The molecule has 0 aliphatic carbocycles. The van der Waals surface area contributed by atoms with Crippen molar-refractivity contribution in [2.45, 2.75) is 10.6 Å². The summed E-state index contributed by atoms with van der Waals surface area (Å²) in [6.45, 7) is 0. The summed E-state index contributed by atoms with van der Waals surface area (Å²) in [5.74, 6) is 0.664. The highest BCUT2D eigenvalue weighted by Gasteiger charge is 2.30. The number of hydrogen-bond donors (Lipinski definition) is 1. The summed E-state index contributed by atoms with van der Waals surface area (Å²) >= 11 is 1.29. The van der Waals surface area contributed by atoms with Gasteiger partial charge in [0.2, 0.25) is 0 Å². The van der Waals surface area contributed by atoms with E-state index >= 15 is 0 Å². The fourth-order valence-electron chi connectivity index (χ4n) is 3.17. The van der Waals surface area contributed by atoms with Gasteiger partial charge in [0, 0.05) is 16.5 Å². The number of rotatable bonds is 4. The molecule has 4 rings (SSSR count). The average Bonchev–Trinajstić information content (AvgIpc) is 3.12. The Bertz CT molecular complexity index is 1180. The third-order valence-corrected chi connectivity index (χ3v) is 7.43. The summed E-state index contributed by atoms with van der Waals surface area (Å²) in [6, 6.07) is 13.6. The first-order valence-corrected chi connectivity index (χ1v) is 10.9. The Morgan fingerprint density at radius 3 is 2.61 bits per heavy atom. The van der Waals surface area contributed by atoms with Crippen LogP contribution in [0.25, 0.3) is 10.4 Å². The van der Waals surface area contributed by atoms with E-state index in [0.29, 0.717) is 38.1 Å². The highest BCUT2D eigenvalue weighted by Crippen LogP contribution is 2.43. The lowest BCUT2D eigenvalue weighted by Crippen LogP contribution is -2.12. The van der Waals surface area contributed by atoms with Gasteiger partial charge < -0.3 is 14.8 Å². The van der Waals surface area contributed by atoms with Gasteiger partial charge in [-0.05, 0) is 29.8 Å². The van der Waals surface area contributed by atoms with Crippen molar-refractivity contribution in [3.8, 4) is 21.9 Å². The first-order chi connectivity index (χ1) is 13.4. The molecule has 1 aliphatic heterocycles. The number of carbonyl (C=O) groups is 1. The maximum Gasteiger partial charge on any atom is 0.265 e. The second kappa shape index (κ2) is 6.96. The van der Waals surface area contributed by atoms with E-state index in [2.05, 4.69) is 5.32 Å². The van der Waals surface area contributed by atoms with Gasteiger partial charge in [0.05, 0.1) is 35.4 Å². The van der Waals surface area contributed by atoms with E-state index in [1.165, 1.54) is 18.4 Å². The number of ether oxygens (including phenoxy) is 2. The Labute approximate surface area is 166 Å². The SMILES string of the molecule is COc1ccc(NC(=O)c2cc3c(s2)-c2ccccc2S(=O)(=O)C3)c(OC)c1. The molecule has 0 radical (unpaired) electrons. The van der Waals surface area contributed by atoms with Crippen molar-refractivity contribution < 1.29 is 22.7 Å². The van der Waals surface area contributed by atoms with Gasteiger partial charge in [-0.3, -0.25) is 4.79 Å². The lowest BCUT2D eigenvalue weighted by atomic mass is 10.1. The lowest BCUT2D eigenvalue weighted by Gasteiger charge is -2.15. The van der Waals surface area contributed by atoms with Gasteiger partial charge in [0.25, 0.3) is 5.91 Å². The number of sulfone groups is 1. The van der Waals surface area contributed by atoms with Crippen LogP contribution in [0.4, 0.5) is 5.69 Å². The molecule has 1 aromatic heterocycles. The van der Waals surface area contributed by atoms with Crippen molar-refractivity contribution in [3.05, 3.63) is 59.0 Å². The van der Waals surface area contributed by atoms with E-state index in [0.717, 1.165) is 4.88 Å². The van der Waals surface area contributed by atoms with Gasteiger partial charge >= 0.3 is 0 Å². The number of carbonyl (C=O) groups excluding carboxylic acids is 1. The number of amides is 1. The van der Waals surface area contributed by atoms with Gasteiger partial charge in [-0.25, -0.2) is 8.42 Å². The van der Waals surface area contributed by atoms with Crippen LogP contribution in [0.3, 0.4) is 0 Å². The van der Waals surface area contributed by atoms with Crippen LogP contribution in [0.1, 0.15) is 15.2 Å². The van der Waals surface area contributed by atoms with E-state index in [9.17, 15) is 13.2 Å². The van der Waals surface area contributed by atoms with Crippen molar-refractivity contribution in [2.75, 3.05) is 19.5 Å². The van der Waals surface area contributed by atoms with Crippen LogP contribution in [0.5, 0.6) is 11.5 Å². The van der Waals surface area contributed by atoms with Crippen LogP contribution in [-0.2, 0) is 15.6 Å². The predicted octanol–water partition coefficient (Wildman–Crippen LogP) is 3.97. The van der Waals surface area contributed by atoms with Crippen LogP contribution in [-0.4, -0.2) is 28.5 Å². The molecule has 1 amide bonds. The molecule has 1 aliphatic rings. The molecule has 3 aromatic rings. The van der Waals surface area contributed by atoms with Gasteiger partial charge in [0.1, 0.15) is 11.5 Å². The largest absolute Gasteiger partial charge is 0.497 e. The molecule has 1 N–H and O–H groups in total. The Morgan fingerprint density at radius 1 is 1.07 bits per heavy atom. The number of hydrogen-bond acceptors (Lipinski definition) is 6. The number of anilines is 1. The molecule has 0 spiro atoms. The van der Waals surface area contributed by atoms with E-state index < -0.39 is 9.84 Å². The van der Waals surface area contributed by atoms with Crippen LogP contribution in [0.15, 0.2) is 53.4 Å². The normalized spacial score (nSPS) is 13.9. The standard InChI is InChI=1S/C20H17NO5S2/c1-25-13-7-8-15(16(10-13)26-2)21-20(22)17-9-12-11-28(23,24)18-6-4-3-5-14(18)19(12)27-17/h3-10H,11H2,1-2H3,(H,21,22). The smallest absolute Gasteiger partial charge is 0.265 e. The van der Waals surface area contributed by atoms with E-state index in [1.807, 2.05) is 0 Å². The third kappa shape index (κ3) is 3.14. The monoisotopic (exact) mass is 415 g/mol. The predicted molar refractivity (Wildman–Crippen MR) is 108 cm³/mol. The van der Waals surface area contributed by atoms with Crippen molar-refractivity contribution in [3.63, 3.8) is 0 Å². The molecule has 0 fully saturated rings. The molecule has 0 bridgehead atoms. The highest BCUT2D eigenvalue weighted by atomic mass is 32.2. The number of benzene rings is 2. The molecular weight excluding hydrogens is 398 g/mol. The summed E-state index contributed by atoms with van der Waals surface area (Å²) in [6.07, 6.45) is 0. The molecule has 2 aromatic carbocycles. The number of thiophene rings is 1. The second-order valence-electron chi connectivity index (χ2n) is 6.24. The molecule has 144 valence electrons. The summed E-state index contributed by atoms with van der Waals surface area (Å²) < 4.78 is 35.5. The number of fused-ring (bicyclic) bond motifs is 3. The quantitative estimate of drug-likeness (QED) is 0.697. The molecule has 0 saturated heterocycles. The minimum Gasteiger partial charge on any atom is -0.497 e. The Hall–Kier alpha value is -2.84. The zero-order valence-corrected chi connectivity index (χ0v) is 16.8. The maximum atomic E-state index is 12.8. The van der Waals surface area contributed by atoms with Gasteiger partial charge in [-0.15, -0.1) is 11.3 Å². The van der Waals surface area contributed by atoms with E-state index in [-0.39, 0.29) is 11.7 Å². The minimum absolute atomic E-state index is 0.102. The van der Waals surface area contributed by atoms with Crippen molar-refractivity contribution >= 4 is 32.8 Å². The van der Waals surface area contributed by atoms with E-state index in [4.69, 9.17) is 9.47 Å². The third-order valence-electron chi connectivity index (χ3n) is 4.50. The Kier molecular flexibility index (Phi) is 4.60. The molecule has 8 heteroatoms. The Balaban J connectivity index is 1.68. The fraction of sp³-hybridized carbons (Fsp3) is 0.150. The van der Waals surface area contributed by atoms with Crippen LogP contribution in [0, 0.1) is 0 Å². The molecule has 2 heterocycles. The summed E-state index contributed by atoms with van der Waals surface area (Å²) in [5, 5.41) is 2.82. The zero-order chi connectivity index (χ0) is 19.9. The van der Waals surface area contributed by atoms with Gasteiger partial charge in [0.15, 0.2) is 9.84 Å². The molecule has 0 atom stereocenters. The van der Waals surface area contributed by atoms with Crippen molar-refractivity contribution in [1.29, 1.82) is 0 Å². The molecular formula is C20H17NO5S2. The highest BCUT2D eigenvalue weighted by molar-refractivity contribution is 7.91. The van der Waals surface area contributed by atoms with Crippen LogP contribution < -0.4 is 14.8 Å². The lowest BCUT2D eigenvalue weighted by molar-refractivity contribution is 0.103. The number of nitrogens with one attached hydrogen (secondary N) is 1. The summed E-state index contributed by atoms with van der Waals surface area (Å²) in [4.78, 5) is 14.4. The summed E-state index contributed by atoms with van der Waals surface area (Å²) in [5.41, 5.74) is 1.80. The van der Waals surface area contributed by atoms with Crippen LogP contribution >= 0.6 is 11.3 Å². The fourth-order valence-corrected chi connectivity index (χ4v) is 6.02. The van der Waals surface area contributed by atoms with Crippen molar-refractivity contribution in [2.24, 2.45) is 0 Å². The molecule has 28 heavy (non-hydrogen) atoms. The number of methoxy groups -OCH3 is 2. The first-order valence-electron chi connectivity index (χ1n) is 8.41. The minimum atomic E-state index is -3.40. The topological polar surface area (TPSA) is 81.7 Å². The average molecular weight is 415 g/mol. The van der Waals surface area contributed by atoms with E-state index in [1.54, 1.807) is 55.6 Å². The van der Waals surface area contributed by atoms with Gasteiger partial charge in [-0.1, -0.05) is 18.2 Å². The maximum absolute atomic E-state index is 12.8. The van der Waals surface area contributed by atoms with Gasteiger partial charge in [-0.2, -0.15) is 0 Å². The Morgan fingerprint density at radius 2 is 1.86 bits per heavy atom. The van der Waals surface area contributed by atoms with Crippen LogP contribution in [0.2, 0.25) is 0 Å². The summed E-state index contributed by atoms with van der Waals surface area (Å²) in [7, 11) is -0.343. The second-order valence-corrected chi connectivity index (χ2v) is 9.25. The molecule has 6 nitrogen and oxygen atoms in total.